The van der Waals surface area contributed by atoms with E-state index in [-0.39, 0.29) is 11.6 Å². The lowest BCUT2D eigenvalue weighted by Gasteiger charge is -2.22. The first-order valence-electron chi connectivity index (χ1n) is 6.34. The fourth-order valence-corrected chi connectivity index (χ4v) is 2.56. The van der Waals surface area contributed by atoms with Gasteiger partial charge in [-0.25, -0.2) is 0 Å². The van der Waals surface area contributed by atoms with Crippen LogP contribution in [0.4, 0.5) is 0 Å². The molecular formula is C16H13NO2. The molecule has 1 aliphatic carbocycles. The molecule has 94 valence electrons. The number of carbonyl (C=O) groups excluding carboxylic acids is 2. The van der Waals surface area contributed by atoms with E-state index >= 15 is 0 Å². The Bertz CT molecular complexity index is 634. The summed E-state index contributed by atoms with van der Waals surface area (Å²) in [5.41, 5.74) is 2.25. The number of benzene rings is 1. The summed E-state index contributed by atoms with van der Waals surface area (Å²) in [7, 11) is 0. The van der Waals surface area contributed by atoms with Crippen molar-refractivity contribution in [2.75, 3.05) is 0 Å². The van der Waals surface area contributed by atoms with Crippen LogP contribution in [0, 0.1) is 5.92 Å². The number of hydrogen-bond donors (Lipinski definition) is 0. The molecule has 0 bridgehead atoms. The maximum Gasteiger partial charge on any atom is 0.175 e. The topological polar surface area (TPSA) is 47.0 Å². The zero-order valence-electron chi connectivity index (χ0n) is 10.4. The molecule has 0 amide bonds. The third-order valence-electron chi connectivity index (χ3n) is 3.56. The molecule has 1 aromatic carbocycles. The summed E-state index contributed by atoms with van der Waals surface area (Å²) in [5.74, 6) is -0.734. The Morgan fingerprint density at radius 3 is 2.79 bits per heavy atom. The molecule has 2 aromatic rings. The Hall–Kier alpha value is -2.29. The molecular weight excluding hydrogens is 238 g/mol. The molecule has 3 heteroatoms. The Morgan fingerprint density at radius 2 is 2.00 bits per heavy atom. The van der Waals surface area contributed by atoms with Crippen molar-refractivity contribution in [2.24, 2.45) is 5.92 Å². The lowest BCUT2D eigenvalue weighted by atomic mass is 9.79. The third-order valence-corrected chi connectivity index (χ3v) is 3.56. The second kappa shape index (κ2) is 4.76. The van der Waals surface area contributed by atoms with Crippen molar-refractivity contribution in [3.63, 3.8) is 0 Å². The van der Waals surface area contributed by atoms with E-state index in [9.17, 15) is 9.59 Å². The fourth-order valence-electron chi connectivity index (χ4n) is 2.56. The second-order valence-electron chi connectivity index (χ2n) is 4.72. The fraction of sp³-hybridized carbons (Fsp3) is 0.188. The minimum atomic E-state index is -0.556. The number of aryl methyl sites for hydroxylation is 1. The summed E-state index contributed by atoms with van der Waals surface area (Å²) in [6, 6.07) is 11.0. The van der Waals surface area contributed by atoms with Crippen LogP contribution in [0.15, 0.2) is 48.8 Å². The van der Waals surface area contributed by atoms with E-state index in [0.717, 1.165) is 12.0 Å². The van der Waals surface area contributed by atoms with Crippen LogP contribution in [0.2, 0.25) is 0 Å². The second-order valence-corrected chi connectivity index (χ2v) is 4.72. The van der Waals surface area contributed by atoms with E-state index < -0.39 is 5.92 Å². The molecule has 0 fully saturated rings. The molecule has 3 nitrogen and oxygen atoms in total. The predicted molar refractivity (Wildman–Crippen MR) is 71.2 cm³/mol. The number of ketones is 2. The lowest BCUT2D eigenvalue weighted by molar-refractivity contribution is 0.0790. The highest BCUT2D eigenvalue weighted by molar-refractivity contribution is 6.17. The van der Waals surface area contributed by atoms with Crippen LogP contribution in [-0.2, 0) is 6.42 Å². The van der Waals surface area contributed by atoms with Gasteiger partial charge in [-0.3, -0.25) is 14.6 Å². The minimum Gasteiger partial charge on any atom is -0.293 e. The molecule has 0 aliphatic heterocycles. The average molecular weight is 251 g/mol. The number of hydrogen-bond acceptors (Lipinski definition) is 3. The first-order valence-corrected chi connectivity index (χ1v) is 6.34. The number of rotatable bonds is 2. The van der Waals surface area contributed by atoms with Gasteiger partial charge in [-0.05, 0) is 30.5 Å². The number of Topliss-reactive ketones (excluding diaryl/α,β-unsaturated/α-hetero) is 2. The van der Waals surface area contributed by atoms with Gasteiger partial charge in [0, 0.05) is 23.5 Å². The summed E-state index contributed by atoms with van der Waals surface area (Å²) < 4.78 is 0. The molecule has 0 spiro atoms. The quantitative estimate of drug-likeness (QED) is 0.609. The Balaban J connectivity index is 1.93. The lowest BCUT2D eigenvalue weighted by Crippen LogP contribution is -2.29. The average Bonchev–Trinajstić information content (AvgIpc) is 2.48. The van der Waals surface area contributed by atoms with E-state index in [0.29, 0.717) is 17.5 Å². The van der Waals surface area contributed by atoms with Gasteiger partial charge in [-0.15, -0.1) is 0 Å². The van der Waals surface area contributed by atoms with Crippen LogP contribution in [-0.4, -0.2) is 16.6 Å². The van der Waals surface area contributed by atoms with Crippen LogP contribution in [0.1, 0.15) is 32.7 Å². The van der Waals surface area contributed by atoms with E-state index in [4.69, 9.17) is 0 Å². The molecule has 1 atom stereocenters. The summed E-state index contributed by atoms with van der Waals surface area (Å²) >= 11 is 0. The van der Waals surface area contributed by atoms with Crippen LogP contribution in [0.3, 0.4) is 0 Å². The highest BCUT2D eigenvalue weighted by atomic mass is 16.2. The zero-order chi connectivity index (χ0) is 13.2. The number of fused-ring (bicyclic) bond motifs is 1. The van der Waals surface area contributed by atoms with Gasteiger partial charge in [0.1, 0.15) is 0 Å². The first-order chi connectivity index (χ1) is 9.27. The SMILES string of the molecule is O=C(c1cccnc1)C1CCc2ccccc2C1=O. The van der Waals surface area contributed by atoms with Crippen LogP contribution in [0.25, 0.3) is 0 Å². The van der Waals surface area contributed by atoms with E-state index in [1.54, 1.807) is 24.4 Å². The molecule has 1 heterocycles. The maximum absolute atomic E-state index is 12.4. The number of aromatic nitrogens is 1. The molecule has 1 unspecified atom stereocenters. The molecule has 1 aromatic heterocycles. The molecule has 19 heavy (non-hydrogen) atoms. The Kier molecular flexibility index (Phi) is 2.95. The Labute approximate surface area is 111 Å². The number of pyridine rings is 1. The van der Waals surface area contributed by atoms with E-state index in [2.05, 4.69) is 4.98 Å². The van der Waals surface area contributed by atoms with Crippen LogP contribution < -0.4 is 0 Å². The van der Waals surface area contributed by atoms with Crippen molar-refractivity contribution < 1.29 is 9.59 Å². The molecule has 0 saturated carbocycles. The third kappa shape index (κ3) is 2.08. The maximum atomic E-state index is 12.4. The molecule has 3 rings (SSSR count). The normalized spacial score (nSPS) is 17.9. The van der Waals surface area contributed by atoms with Gasteiger partial charge in [-0.2, -0.15) is 0 Å². The summed E-state index contributed by atoms with van der Waals surface area (Å²) in [6.07, 6.45) is 4.51. The standard InChI is InChI=1S/C16H13NO2/c18-15(12-5-3-9-17-10-12)14-8-7-11-4-1-2-6-13(11)16(14)19/h1-6,9-10,14H,7-8H2. The Morgan fingerprint density at radius 1 is 1.16 bits per heavy atom. The van der Waals surface area contributed by atoms with Crippen molar-refractivity contribution in [1.82, 2.24) is 4.98 Å². The van der Waals surface area contributed by atoms with Gasteiger partial charge in [0.25, 0.3) is 0 Å². The molecule has 1 aliphatic rings. The van der Waals surface area contributed by atoms with Gasteiger partial charge < -0.3 is 0 Å². The largest absolute Gasteiger partial charge is 0.293 e. The predicted octanol–water partition coefficient (Wildman–Crippen LogP) is 2.71. The van der Waals surface area contributed by atoms with Crippen molar-refractivity contribution in [1.29, 1.82) is 0 Å². The highest BCUT2D eigenvalue weighted by Gasteiger charge is 2.32. The van der Waals surface area contributed by atoms with Crippen LogP contribution >= 0.6 is 0 Å². The molecule has 0 saturated heterocycles. The summed E-state index contributed by atoms with van der Waals surface area (Å²) in [4.78, 5) is 28.7. The molecule has 0 N–H and O–H groups in total. The minimum absolute atomic E-state index is 0.0595. The van der Waals surface area contributed by atoms with E-state index in [1.807, 2.05) is 18.2 Å². The number of carbonyl (C=O) groups is 2. The van der Waals surface area contributed by atoms with Crippen molar-refractivity contribution in [3.8, 4) is 0 Å². The number of nitrogens with zero attached hydrogens (tertiary/aromatic N) is 1. The van der Waals surface area contributed by atoms with Crippen LogP contribution in [0.5, 0.6) is 0 Å². The van der Waals surface area contributed by atoms with Gasteiger partial charge >= 0.3 is 0 Å². The first kappa shape index (κ1) is 11.8. The van der Waals surface area contributed by atoms with Crippen molar-refractivity contribution in [3.05, 3.63) is 65.5 Å². The summed E-state index contributed by atoms with van der Waals surface area (Å²) in [5, 5.41) is 0. The van der Waals surface area contributed by atoms with E-state index in [1.165, 1.54) is 6.20 Å². The monoisotopic (exact) mass is 251 g/mol. The zero-order valence-corrected chi connectivity index (χ0v) is 10.4. The molecule has 0 radical (unpaired) electrons. The summed E-state index contributed by atoms with van der Waals surface area (Å²) in [6.45, 7) is 0. The van der Waals surface area contributed by atoms with Gasteiger partial charge in [0.15, 0.2) is 11.6 Å². The van der Waals surface area contributed by atoms with Gasteiger partial charge in [0.2, 0.25) is 0 Å². The van der Waals surface area contributed by atoms with Gasteiger partial charge in [0.05, 0.1) is 5.92 Å². The van der Waals surface area contributed by atoms with Crippen molar-refractivity contribution in [2.45, 2.75) is 12.8 Å². The smallest absolute Gasteiger partial charge is 0.175 e. The van der Waals surface area contributed by atoms with Gasteiger partial charge in [-0.1, -0.05) is 24.3 Å². The van der Waals surface area contributed by atoms with Crippen molar-refractivity contribution >= 4 is 11.6 Å². The highest BCUT2D eigenvalue weighted by Crippen LogP contribution is 2.27.